The summed E-state index contributed by atoms with van der Waals surface area (Å²) in [5.41, 5.74) is -0.269. The van der Waals surface area contributed by atoms with Gasteiger partial charge in [-0.05, 0) is 43.4 Å². The molecule has 0 amide bonds. The lowest BCUT2D eigenvalue weighted by atomic mass is 9.64. The average molecular weight is 295 g/mol. The average Bonchev–Trinajstić information content (AvgIpc) is 2.63. The summed E-state index contributed by atoms with van der Waals surface area (Å²) in [6.45, 7) is 6.84. The number of rotatable bonds is 3. The van der Waals surface area contributed by atoms with Crippen LogP contribution in [0.15, 0.2) is 0 Å². The van der Waals surface area contributed by atoms with Crippen molar-refractivity contribution in [1.29, 1.82) is 0 Å². The third-order valence-corrected chi connectivity index (χ3v) is 5.29. The number of carbonyl (C=O) groups excluding carboxylic acids is 1. The van der Waals surface area contributed by atoms with E-state index in [2.05, 4.69) is 26.1 Å². The molecule has 3 nitrogen and oxygen atoms in total. The molecule has 1 N–H and O–H groups in total. The van der Waals surface area contributed by atoms with Gasteiger partial charge in [-0.25, -0.2) is 0 Å². The predicted octanol–water partition coefficient (Wildman–Crippen LogP) is 4.06. The van der Waals surface area contributed by atoms with Crippen molar-refractivity contribution >= 4 is 5.97 Å². The maximum Gasteiger partial charge on any atom is 0.326 e. The zero-order valence-electron chi connectivity index (χ0n) is 14.3. The molecule has 2 aliphatic rings. The summed E-state index contributed by atoms with van der Waals surface area (Å²) in [5, 5.41) is 3.77. The minimum Gasteiger partial charge on any atom is -0.468 e. The lowest BCUT2D eigenvalue weighted by Crippen LogP contribution is -2.61. The number of ether oxygens (including phenoxy) is 1. The Hall–Kier alpha value is -0.570. The largest absolute Gasteiger partial charge is 0.468 e. The van der Waals surface area contributed by atoms with Gasteiger partial charge in [0.2, 0.25) is 0 Å². The first-order chi connectivity index (χ1) is 9.87. The second-order valence-corrected chi connectivity index (χ2v) is 8.26. The molecular formula is C18H33NO2. The lowest BCUT2D eigenvalue weighted by molar-refractivity contribution is -0.154. The Kier molecular flexibility index (Phi) is 5.34. The second kappa shape index (κ2) is 6.68. The van der Waals surface area contributed by atoms with Crippen molar-refractivity contribution in [3.05, 3.63) is 0 Å². The molecule has 2 unspecified atom stereocenters. The third kappa shape index (κ3) is 4.21. The number of carbonyl (C=O) groups is 1. The summed E-state index contributed by atoms with van der Waals surface area (Å²) in [5.74, 6) is 0.512. The van der Waals surface area contributed by atoms with Crippen molar-refractivity contribution in [2.45, 2.75) is 90.1 Å². The molecule has 2 atom stereocenters. The smallest absolute Gasteiger partial charge is 0.326 e. The molecule has 2 rings (SSSR count). The fourth-order valence-corrected chi connectivity index (χ4v) is 4.91. The summed E-state index contributed by atoms with van der Waals surface area (Å²) in [7, 11) is 1.53. The van der Waals surface area contributed by atoms with Crippen molar-refractivity contribution < 1.29 is 9.53 Å². The zero-order valence-corrected chi connectivity index (χ0v) is 14.3. The Labute approximate surface area is 130 Å². The van der Waals surface area contributed by atoms with Crippen LogP contribution in [0.2, 0.25) is 0 Å². The van der Waals surface area contributed by atoms with Gasteiger partial charge in [0.25, 0.3) is 0 Å². The van der Waals surface area contributed by atoms with E-state index in [0.717, 1.165) is 12.8 Å². The van der Waals surface area contributed by atoms with Crippen LogP contribution in [0.4, 0.5) is 0 Å². The molecule has 122 valence electrons. The maximum atomic E-state index is 12.6. The Morgan fingerprint density at radius 2 is 1.71 bits per heavy atom. The van der Waals surface area contributed by atoms with E-state index in [1.54, 1.807) is 0 Å². The molecule has 0 radical (unpaired) electrons. The van der Waals surface area contributed by atoms with Crippen LogP contribution in [-0.2, 0) is 9.53 Å². The lowest BCUT2D eigenvalue weighted by Gasteiger charge is -2.47. The highest BCUT2D eigenvalue weighted by molar-refractivity contribution is 5.81. The van der Waals surface area contributed by atoms with Gasteiger partial charge in [0.15, 0.2) is 0 Å². The molecular weight excluding hydrogens is 262 g/mol. The normalized spacial score (nSPS) is 34.2. The molecule has 2 saturated carbocycles. The van der Waals surface area contributed by atoms with Crippen molar-refractivity contribution in [3.8, 4) is 0 Å². The molecule has 21 heavy (non-hydrogen) atoms. The molecule has 2 fully saturated rings. The molecule has 0 aromatic rings. The molecule has 3 heteroatoms. The van der Waals surface area contributed by atoms with Crippen molar-refractivity contribution in [1.82, 2.24) is 5.32 Å². The first kappa shape index (κ1) is 16.8. The van der Waals surface area contributed by atoms with Crippen LogP contribution in [0.3, 0.4) is 0 Å². The van der Waals surface area contributed by atoms with Crippen molar-refractivity contribution in [2.75, 3.05) is 7.11 Å². The first-order valence-corrected chi connectivity index (χ1v) is 8.73. The summed E-state index contributed by atoms with van der Waals surface area (Å²) >= 11 is 0. The van der Waals surface area contributed by atoms with E-state index in [1.165, 1.54) is 52.1 Å². The monoisotopic (exact) mass is 295 g/mol. The topological polar surface area (TPSA) is 38.3 Å². The fourth-order valence-electron chi connectivity index (χ4n) is 4.91. The Morgan fingerprint density at radius 1 is 1.10 bits per heavy atom. The molecule has 2 aliphatic carbocycles. The van der Waals surface area contributed by atoms with Gasteiger partial charge in [-0.3, -0.25) is 10.1 Å². The summed E-state index contributed by atoms with van der Waals surface area (Å²) < 4.78 is 5.21. The number of hydrogen-bond donors (Lipinski definition) is 1. The quantitative estimate of drug-likeness (QED) is 0.630. The van der Waals surface area contributed by atoms with E-state index in [9.17, 15) is 4.79 Å². The predicted molar refractivity (Wildman–Crippen MR) is 86.2 cm³/mol. The molecule has 0 aromatic heterocycles. The van der Waals surface area contributed by atoms with Crippen LogP contribution >= 0.6 is 0 Å². The van der Waals surface area contributed by atoms with Crippen LogP contribution in [-0.4, -0.2) is 24.7 Å². The van der Waals surface area contributed by atoms with E-state index in [-0.39, 0.29) is 11.4 Å². The maximum absolute atomic E-state index is 12.6. The van der Waals surface area contributed by atoms with Crippen LogP contribution < -0.4 is 5.32 Å². The van der Waals surface area contributed by atoms with Crippen molar-refractivity contribution in [3.63, 3.8) is 0 Å². The number of esters is 1. The molecule has 0 spiro atoms. The van der Waals surface area contributed by atoms with Gasteiger partial charge in [0.05, 0.1) is 7.11 Å². The highest BCUT2D eigenvalue weighted by atomic mass is 16.5. The van der Waals surface area contributed by atoms with E-state index >= 15 is 0 Å². The van der Waals surface area contributed by atoms with Crippen molar-refractivity contribution in [2.24, 2.45) is 11.3 Å². The van der Waals surface area contributed by atoms with Crippen LogP contribution in [0.25, 0.3) is 0 Å². The minimum atomic E-state index is -0.467. The van der Waals surface area contributed by atoms with Gasteiger partial charge in [-0.1, -0.05) is 46.5 Å². The van der Waals surface area contributed by atoms with Gasteiger partial charge >= 0.3 is 5.97 Å². The Bertz CT molecular complexity index is 358. The van der Waals surface area contributed by atoms with E-state index in [1.807, 2.05) is 0 Å². The Balaban J connectivity index is 2.18. The second-order valence-electron chi connectivity index (χ2n) is 8.26. The molecule has 0 heterocycles. The van der Waals surface area contributed by atoms with Gasteiger partial charge in [-0.15, -0.1) is 0 Å². The van der Waals surface area contributed by atoms with Gasteiger partial charge in [0, 0.05) is 6.04 Å². The van der Waals surface area contributed by atoms with Gasteiger partial charge in [-0.2, -0.15) is 0 Å². The number of nitrogens with one attached hydrogen (secondary N) is 1. The summed E-state index contributed by atoms with van der Waals surface area (Å²) in [6, 6.07) is 0.479. The zero-order chi connectivity index (χ0) is 15.5. The molecule has 0 bridgehead atoms. The molecule has 0 saturated heterocycles. The van der Waals surface area contributed by atoms with Crippen LogP contribution in [0.1, 0.15) is 78.6 Å². The highest BCUT2D eigenvalue weighted by Gasteiger charge is 2.49. The minimum absolute atomic E-state index is 0.0497. The van der Waals surface area contributed by atoms with Gasteiger partial charge < -0.3 is 4.74 Å². The fraction of sp³-hybridized carbons (Fsp3) is 0.944. The molecule has 0 aromatic carbocycles. The third-order valence-electron chi connectivity index (χ3n) is 5.29. The Morgan fingerprint density at radius 3 is 2.24 bits per heavy atom. The standard InChI is InChI=1S/C18H33NO2/c1-14-11-17(2,3)13-18(12-14,16(20)21-4)19-15-9-7-5-6-8-10-15/h14-15,19H,5-13H2,1-4H3. The first-order valence-electron chi connectivity index (χ1n) is 8.73. The van der Waals surface area contributed by atoms with Gasteiger partial charge in [0.1, 0.15) is 5.54 Å². The molecule has 0 aliphatic heterocycles. The summed E-state index contributed by atoms with van der Waals surface area (Å²) in [6.07, 6.45) is 10.7. The number of hydrogen-bond acceptors (Lipinski definition) is 3. The van der Waals surface area contributed by atoms with E-state index in [0.29, 0.717) is 12.0 Å². The summed E-state index contributed by atoms with van der Waals surface area (Å²) in [4.78, 5) is 12.6. The van der Waals surface area contributed by atoms with Crippen LogP contribution in [0.5, 0.6) is 0 Å². The highest BCUT2D eigenvalue weighted by Crippen LogP contribution is 2.45. The SMILES string of the molecule is COC(=O)C1(NC2CCCCCC2)CC(C)CC(C)(C)C1. The van der Waals surface area contributed by atoms with E-state index < -0.39 is 5.54 Å². The van der Waals surface area contributed by atoms with Crippen LogP contribution in [0, 0.1) is 11.3 Å². The van der Waals surface area contributed by atoms with E-state index in [4.69, 9.17) is 4.74 Å². The number of methoxy groups -OCH3 is 1.